The summed E-state index contributed by atoms with van der Waals surface area (Å²) in [5, 5.41) is 0.401. The Bertz CT molecular complexity index is 1100. The molecule has 9 heteroatoms. The van der Waals surface area contributed by atoms with E-state index >= 15 is 0 Å². The van der Waals surface area contributed by atoms with Crippen LogP contribution in [0.4, 0.5) is 13.2 Å². The lowest BCUT2D eigenvalue weighted by molar-refractivity contribution is -0.610. The van der Waals surface area contributed by atoms with Crippen LogP contribution in [-0.2, 0) is 16.7 Å². The summed E-state index contributed by atoms with van der Waals surface area (Å²) in [7, 11) is 3.40. The van der Waals surface area contributed by atoms with Gasteiger partial charge in [0.2, 0.25) is 0 Å². The van der Waals surface area contributed by atoms with Crippen molar-refractivity contribution in [2.45, 2.75) is 55.9 Å². The maximum absolute atomic E-state index is 13.1. The van der Waals surface area contributed by atoms with E-state index in [2.05, 4.69) is 9.97 Å². The number of imidazole rings is 1. The number of alkyl halides is 3. The molecule has 1 saturated carbocycles. The molecule has 1 N–H and O–H groups in total. The lowest BCUT2D eigenvalue weighted by Crippen LogP contribution is -2.38. The smallest absolute Gasteiger partial charge is 0.416 e. The van der Waals surface area contributed by atoms with Crippen molar-refractivity contribution in [1.82, 2.24) is 9.97 Å². The molecule has 0 bridgehead atoms. The Balaban J connectivity index is 1.70. The van der Waals surface area contributed by atoms with Crippen LogP contribution in [0.25, 0.3) is 17.0 Å². The number of nitrogens with zero attached hydrogens (tertiary/aromatic N) is 2. The van der Waals surface area contributed by atoms with Crippen LogP contribution in [0.5, 0.6) is 5.75 Å². The number of rotatable bonds is 6. The molecule has 172 valence electrons. The minimum absolute atomic E-state index is 0.236. The molecule has 1 fully saturated rings. The largest absolute Gasteiger partial charge is 0.496 e. The highest BCUT2D eigenvalue weighted by Crippen LogP contribution is 2.34. The second-order valence-electron chi connectivity index (χ2n) is 8.02. The molecule has 0 spiro atoms. The monoisotopic (exact) mass is 466 g/mol. The molecular weight excluding hydrogens is 439 g/mol. The van der Waals surface area contributed by atoms with Gasteiger partial charge >= 0.3 is 12.1 Å². The van der Waals surface area contributed by atoms with E-state index < -0.39 is 11.7 Å². The van der Waals surface area contributed by atoms with Gasteiger partial charge in [-0.2, -0.15) is 13.2 Å². The van der Waals surface area contributed by atoms with Crippen LogP contribution < -0.4 is 9.30 Å². The lowest BCUT2D eigenvalue weighted by Gasteiger charge is -2.30. The minimum Gasteiger partial charge on any atom is -0.496 e. The van der Waals surface area contributed by atoms with Gasteiger partial charge in [-0.05, 0) is 38.0 Å². The number of ether oxygens (including phenoxy) is 2. The molecule has 2 heterocycles. The molecule has 32 heavy (non-hydrogen) atoms. The first-order valence-corrected chi connectivity index (χ1v) is 11.7. The number of hydrogen-bond acceptors (Lipinski definition) is 4. The van der Waals surface area contributed by atoms with Crippen molar-refractivity contribution < 1.29 is 27.2 Å². The van der Waals surface area contributed by atoms with Crippen LogP contribution in [-0.4, -0.2) is 35.5 Å². The number of thioether (sulfide) groups is 1. The Labute approximate surface area is 189 Å². The summed E-state index contributed by atoms with van der Waals surface area (Å²) in [6, 6.07) is 5.41. The van der Waals surface area contributed by atoms with Crippen LogP contribution in [0.3, 0.4) is 0 Å². The maximum atomic E-state index is 13.1. The SMILES string of the molecule is COc1cc[n+](-c2nc3cc(C(F)(F)F)ccc3[nH]2)c(CS[C@@H]2CCCC[C@H]2OC)c1C. The molecule has 1 aromatic carbocycles. The molecule has 1 aliphatic rings. The topological polar surface area (TPSA) is 51.0 Å². The number of halogens is 3. The Morgan fingerprint density at radius 2 is 1.97 bits per heavy atom. The fourth-order valence-corrected chi connectivity index (χ4v) is 5.79. The standard InChI is InChI=1S/C23H27F3N3O2S/c1-14-18(13-32-21-7-5-4-6-20(21)31-3)29(11-10-19(14)30-2)22-27-16-9-8-15(23(24,25)26)12-17(16)28-22/h8-12,20-21H,4-7,13H2,1-3H3,(H,27,28)/q+1/t20-,21-/m1/s1. The van der Waals surface area contributed by atoms with Gasteiger partial charge in [-0.15, -0.1) is 11.8 Å². The predicted octanol–water partition coefficient (Wildman–Crippen LogP) is 5.37. The molecule has 4 rings (SSSR count). The van der Waals surface area contributed by atoms with Crippen molar-refractivity contribution in [2.24, 2.45) is 0 Å². The first-order valence-electron chi connectivity index (χ1n) is 10.6. The zero-order valence-electron chi connectivity index (χ0n) is 18.3. The summed E-state index contributed by atoms with van der Waals surface area (Å²) in [4.78, 5) is 7.64. The average molecular weight is 467 g/mol. The van der Waals surface area contributed by atoms with Crippen molar-refractivity contribution in [3.63, 3.8) is 0 Å². The second kappa shape index (κ2) is 9.31. The summed E-state index contributed by atoms with van der Waals surface area (Å²) < 4.78 is 52.5. The first-order chi connectivity index (χ1) is 15.3. The van der Waals surface area contributed by atoms with E-state index in [1.165, 1.54) is 18.9 Å². The number of hydrogen-bond donors (Lipinski definition) is 1. The molecule has 2 aromatic heterocycles. The molecule has 5 nitrogen and oxygen atoms in total. The maximum Gasteiger partial charge on any atom is 0.416 e. The average Bonchev–Trinajstić information content (AvgIpc) is 3.21. The third-order valence-electron chi connectivity index (χ3n) is 6.09. The van der Waals surface area contributed by atoms with Gasteiger partial charge in [0, 0.05) is 29.7 Å². The summed E-state index contributed by atoms with van der Waals surface area (Å²) in [6.45, 7) is 1.99. The number of nitrogens with one attached hydrogen (secondary N) is 1. The van der Waals surface area contributed by atoms with Crippen LogP contribution in [0.15, 0.2) is 30.5 Å². The van der Waals surface area contributed by atoms with Crippen molar-refractivity contribution in [3.05, 3.63) is 47.3 Å². The first kappa shape index (κ1) is 22.9. The van der Waals surface area contributed by atoms with Crippen LogP contribution >= 0.6 is 11.8 Å². The highest BCUT2D eigenvalue weighted by atomic mass is 32.2. The minimum atomic E-state index is -4.41. The Kier molecular flexibility index (Phi) is 6.67. The van der Waals surface area contributed by atoms with Gasteiger partial charge in [0.15, 0.2) is 5.52 Å². The van der Waals surface area contributed by atoms with E-state index in [9.17, 15) is 13.2 Å². The molecule has 2 atom stereocenters. The van der Waals surface area contributed by atoms with Crippen LogP contribution in [0, 0.1) is 6.92 Å². The Morgan fingerprint density at radius 1 is 1.19 bits per heavy atom. The van der Waals surface area contributed by atoms with E-state index in [1.54, 1.807) is 14.2 Å². The van der Waals surface area contributed by atoms with Crippen LogP contribution in [0.2, 0.25) is 0 Å². The number of benzene rings is 1. The third kappa shape index (κ3) is 4.59. The zero-order valence-corrected chi connectivity index (χ0v) is 19.1. The molecule has 0 saturated heterocycles. The third-order valence-corrected chi connectivity index (χ3v) is 7.50. The molecular formula is C23H27F3N3O2S+. The number of fused-ring (bicyclic) bond motifs is 1. The highest BCUT2D eigenvalue weighted by Gasteiger charge is 2.32. The normalized spacial score (nSPS) is 19.4. The number of pyridine rings is 1. The van der Waals surface area contributed by atoms with Gasteiger partial charge in [0.1, 0.15) is 17.0 Å². The number of aromatic amines is 1. The Hall–Kier alpha value is -2.26. The zero-order chi connectivity index (χ0) is 22.9. The number of aromatic nitrogens is 3. The fraction of sp³-hybridized carbons (Fsp3) is 0.478. The molecule has 0 unspecified atom stereocenters. The quantitative estimate of drug-likeness (QED) is 0.497. The van der Waals surface area contributed by atoms with Crippen molar-refractivity contribution >= 4 is 22.8 Å². The fourth-order valence-electron chi connectivity index (χ4n) is 4.27. The summed E-state index contributed by atoms with van der Waals surface area (Å²) in [5.74, 6) is 1.95. The summed E-state index contributed by atoms with van der Waals surface area (Å²) in [6.07, 6.45) is 2.23. The molecule has 3 aromatic rings. The van der Waals surface area contributed by atoms with E-state index in [4.69, 9.17) is 9.47 Å². The molecule has 1 aliphatic carbocycles. The van der Waals surface area contributed by atoms with E-state index in [0.717, 1.165) is 42.0 Å². The molecule has 0 amide bonds. The van der Waals surface area contributed by atoms with E-state index in [0.29, 0.717) is 22.5 Å². The van der Waals surface area contributed by atoms with Gasteiger partial charge < -0.3 is 9.47 Å². The number of methoxy groups -OCH3 is 2. The van der Waals surface area contributed by atoms with E-state index in [1.807, 2.05) is 35.5 Å². The van der Waals surface area contributed by atoms with E-state index in [-0.39, 0.29) is 11.6 Å². The highest BCUT2D eigenvalue weighted by molar-refractivity contribution is 7.99. The summed E-state index contributed by atoms with van der Waals surface area (Å²) in [5.41, 5.74) is 2.09. The Morgan fingerprint density at radius 3 is 2.69 bits per heavy atom. The van der Waals surface area contributed by atoms with Gasteiger partial charge in [-0.3, -0.25) is 0 Å². The number of H-pyrrole nitrogens is 1. The van der Waals surface area contributed by atoms with Crippen molar-refractivity contribution in [1.29, 1.82) is 0 Å². The van der Waals surface area contributed by atoms with Gasteiger partial charge in [0.05, 0.1) is 25.0 Å². The predicted molar refractivity (Wildman–Crippen MR) is 118 cm³/mol. The molecule has 0 radical (unpaired) electrons. The van der Waals surface area contributed by atoms with Gasteiger partial charge in [-0.1, -0.05) is 17.8 Å². The lowest BCUT2D eigenvalue weighted by atomic mass is 9.97. The van der Waals surface area contributed by atoms with Crippen molar-refractivity contribution in [2.75, 3.05) is 14.2 Å². The van der Waals surface area contributed by atoms with Gasteiger partial charge in [-0.25, -0.2) is 9.55 Å². The van der Waals surface area contributed by atoms with Crippen molar-refractivity contribution in [3.8, 4) is 11.7 Å². The molecule has 0 aliphatic heterocycles. The van der Waals surface area contributed by atoms with Crippen LogP contribution in [0.1, 0.15) is 42.5 Å². The van der Waals surface area contributed by atoms with Gasteiger partial charge in [0.25, 0.3) is 0 Å². The summed E-state index contributed by atoms with van der Waals surface area (Å²) >= 11 is 1.85. The second-order valence-corrected chi connectivity index (χ2v) is 9.25.